The number of nitrogen functional groups attached to an aromatic ring is 1. The SMILES string of the molecule is CN(C)Cc1cc(Cl)c(C#N)cc1Sc1ccccc1N. The minimum absolute atomic E-state index is 0.483. The lowest BCUT2D eigenvalue weighted by Crippen LogP contribution is -2.11. The Kier molecular flexibility index (Phi) is 5.13. The molecule has 2 rings (SSSR count). The lowest BCUT2D eigenvalue weighted by atomic mass is 10.1. The van der Waals surface area contributed by atoms with Crippen LogP contribution >= 0.6 is 23.4 Å². The molecule has 2 aromatic carbocycles. The highest BCUT2D eigenvalue weighted by atomic mass is 35.5. The van der Waals surface area contributed by atoms with Crippen LogP contribution in [0.4, 0.5) is 5.69 Å². The fourth-order valence-corrected chi connectivity index (χ4v) is 3.16. The number of nitriles is 1. The van der Waals surface area contributed by atoms with Crippen molar-refractivity contribution in [3.63, 3.8) is 0 Å². The van der Waals surface area contributed by atoms with Crippen LogP contribution in [0, 0.1) is 11.3 Å². The van der Waals surface area contributed by atoms with Crippen molar-refractivity contribution in [1.82, 2.24) is 4.90 Å². The monoisotopic (exact) mass is 317 g/mol. The predicted molar refractivity (Wildman–Crippen MR) is 88.5 cm³/mol. The Morgan fingerprint density at radius 1 is 1.24 bits per heavy atom. The third-order valence-corrected chi connectivity index (χ3v) is 4.40. The van der Waals surface area contributed by atoms with Crippen LogP contribution in [0.3, 0.4) is 0 Å². The molecule has 0 fully saturated rings. The van der Waals surface area contributed by atoms with Gasteiger partial charge in [-0.25, -0.2) is 0 Å². The molecule has 0 saturated heterocycles. The summed E-state index contributed by atoms with van der Waals surface area (Å²) in [5, 5.41) is 9.64. The maximum absolute atomic E-state index is 9.16. The lowest BCUT2D eigenvalue weighted by Gasteiger charge is -2.15. The number of halogens is 1. The lowest BCUT2D eigenvalue weighted by molar-refractivity contribution is 0.399. The Balaban J connectivity index is 2.45. The van der Waals surface area contributed by atoms with Crippen molar-refractivity contribution >= 4 is 29.1 Å². The van der Waals surface area contributed by atoms with Gasteiger partial charge in [0.25, 0.3) is 0 Å². The molecule has 0 unspecified atom stereocenters. The van der Waals surface area contributed by atoms with Gasteiger partial charge >= 0.3 is 0 Å². The van der Waals surface area contributed by atoms with E-state index in [2.05, 4.69) is 11.0 Å². The summed E-state index contributed by atoms with van der Waals surface area (Å²) < 4.78 is 0. The van der Waals surface area contributed by atoms with Gasteiger partial charge in [-0.1, -0.05) is 35.5 Å². The van der Waals surface area contributed by atoms with Crippen LogP contribution in [-0.2, 0) is 6.54 Å². The van der Waals surface area contributed by atoms with Crippen molar-refractivity contribution in [2.45, 2.75) is 16.3 Å². The predicted octanol–water partition coefficient (Wildman–Crippen LogP) is 4.01. The van der Waals surface area contributed by atoms with E-state index in [0.29, 0.717) is 10.6 Å². The molecule has 0 aromatic heterocycles. The van der Waals surface area contributed by atoms with Crippen LogP contribution in [0.5, 0.6) is 0 Å². The minimum Gasteiger partial charge on any atom is -0.398 e. The molecule has 0 saturated carbocycles. The quantitative estimate of drug-likeness (QED) is 0.866. The summed E-state index contributed by atoms with van der Waals surface area (Å²) in [6, 6.07) is 13.5. The average molecular weight is 318 g/mol. The van der Waals surface area contributed by atoms with Gasteiger partial charge in [-0.15, -0.1) is 0 Å². The molecule has 108 valence electrons. The highest BCUT2D eigenvalue weighted by molar-refractivity contribution is 7.99. The Morgan fingerprint density at radius 3 is 2.57 bits per heavy atom. The van der Waals surface area contributed by atoms with Crippen molar-refractivity contribution in [3.05, 3.63) is 52.5 Å². The molecule has 3 nitrogen and oxygen atoms in total. The summed E-state index contributed by atoms with van der Waals surface area (Å²) in [7, 11) is 3.99. The van der Waals surface area contributed by atoms with Crippen molar-refractivity contribution in [2.24, 2.45) is 0 Å². The molecule has 0 heterocycles. The Labute approximate surface area is 134 Å². The molecule has 0 atom stereocenters. The summed E-state index contributed by atoms with van der Waals surface area (Å²) in [5.74, 6) is 0. The molecule has 0 aliphatic carbocycles. The van der Waals surface area contributed by atoms with Gasteiger partial charge in [0, 0.05) is 22.0 Å². The number of nitrogens with zero attached hydrogens (tertiary/aromatic N) is 2. The summed E-state index contributed by atoms with van der Waals surface area (Å²) in [4.78, 5) is 4.04. The second-order valence-corrected chi connectivity index (χ2v) is 6.42. The zero-order chi connectivity index (χ0) is 15.4. The van der Waals surface area contributed by atoms with E-state index in [1.54, 1.807) is 11.8 Å². The van der Waals surface area contributed by atoms with E-state index in [9.17, 15) is 0 Å². The fraction of sp³-hybridized carbons (Fsp3) is 0.188. The number of rotatable bonds is 4. The molecular formula is C16H16ClN3S. The smallest absolute Gasteiger partial charge is 0.101 e. The minimum atomic E-state index is 0.483. The van der Waals surface area contributed by atoms with E-state index in [1.807, 2.05) is 50.5 Å². The molecule has 0 spiro atoms. The topological polar surface area (TPSA) is 53.0 Å². The highest BCUT2D eigenvalue weighted by Gasteiger charge is 2.12. The summed E-state index contributed by atoms with van der Waals surface area (Å²) in [6.45, 7) is 0.750. The standard InChI is InChI=1S/C16H16ClN3S/c1-20(2)10-12-7-13(17)11(9-18)8-16(12)21-15-6-4-3-5-14(15)19/h3-8H,10,19H2,1-2H3. The molecule has 21 heavy (non-hydrogen) atoms. The van der Waals surface area contributed by atoms with Gasteiger partial charge in [-0.2, -0.15) is 5.26 Å². The number of anilines is 1. The van der Waals surface area contributed by atoms with Crippen LogP contribution in [0.2, 0.25) is 5.02 Å². The van der Waals surface area contributed by atoms with Crippen LogP contribution < -0.4 is 5.73 Å². The molecule has 0 aliphatic rings. The summed E-state index contributed by atoms with van der Waals surface area (Å²) >= 11 is 7.70. The Bertz CT molecular complexity index is 692. The van der Waals surface area contributed by atoms with E-state index in [-0.39, 0.29) is 0 Å². The molecule has 5 heteroatoms. The van der Waals surface area contributed by atoms with Gasteiger partial charge in [0.05, 0.1) is 10.6 Å². The van der Waals surface area contributed by atoms with Crippen molar-refractivity contribution < 1.29 is 0 Å². The van der Waals surface area contributed by atoms with E-state index in [4.69, 9.17) is 22.6 Å². The first kappa shape index (κ1) is 15.7. The first-order chi connectivity index (χ1) is 10.0. The maximum Gasteiger partial charge on any atom is 0.101 e. The second-order valence-electron chi connectivity index (χ2n) is 4.93. The number of para-hydroxylation sites is 1. The third-order valence-electron chi connectivity index (χ3n) is 2.90. The number of nitrogens with two attached hydrogens (primary N) is 1. The zero-order valence-electron chi connectivity index (χ0n) is 11.9. The Hall–Kier alpha value is -1.67. The van der Waals surface area contributed by atoms with Crippen LogP contribution in [0.15, 0.2) is 46.2 Å². The first-order valence-electron chi connectivity index (χ1n) is 6.41. The van der Waals surface area contributed by atoms with E-state index < -0.39 is 0 Å². The van der Waals surface area contributed by atoms with Crippen LogP contribution in [-0.4, -0.2) is 19.0 Å². The molecule has 2 N–H and O–H groups in total. The molecule has 2 aromatic rings. The van der Waals surface area contributed by atoms with E-state index in [1.165, 1.54) is 0 Å². The van der Waals surface area contributed by atoms with E-state index >= 15 is 0 Å². The molecule has 0 amide bonds. The molecule has 0 bridgehead atoms. The molecule has 0 aliphatic heterocycles. The first-order valence-corrected chi connectivity index (χ1v) is 7.60. The fourth-order valence-electron chi connectivity index (χ4n) is 1.93. The van der Waals surface area contributed by atoms with Gasteiger partial charge < -0.3 is 10.6 Å². The highest BCUT2D eigenvalue weighted by Crippen LogP contribution is 2.36. The summed E-state index contributed by atoms with van der Waals surface area (Å²) in [5.41, 5.74) is 8.29. The van der Waals surface area contributed by atoms with Crippen molar-refractivity contribution in [2.75, 3.05) is 19.8 Å². The van der Waals surface area contributed by atoms with Gasteiger partial charge in [0.1, 0.15) is 6.07 Å². The van der Waals surface area contributed by atoms with Crippen LogP contribution in [0.1, 0.15) is 11.1 Å². The summed E-state index contributed by atoms with van der Waals surface area (Å²) in [6.07, 6.45) is 0. The van der Waals surface area contributed by atoms with Crippen LogP contribution in [0.25, 0.3) is 0 Å². The number of hydrogen-bond donors (Lipinski definition) is 1. The zero-order valence-corrected chi connectivity index (χ0v) is 13.5. The van der Waals surface area contributed by atoms with Gasteiger partial charge in [-0.05, 0) is 43.9 Å². The van der Waals surface area contributed by atoms with Crippen molar-refractivity contribution in [3.8, 4) is 6.07 Å². The number of benzene rings is 2. The maximum atomic E-state index is 9.16. The van der Waals surface area contributed by atoms with Gasteiger partial charge in [-0.3, -0.25) is 0 Å². The number of hydrogen-bond acceptors (Lipinski definition) is 4. The van der Waals surface area contributed by atoms with E-state index in [0.717, 1.165) is 27.6 Å². The Morgan fingerprint density at radius 2 is 1.95 bits per heavy atom. The van der Waals surface area contributed by atoms with Gasteiger partial charge in [0.2, 0.25) is 0 Å². The normalized spacial score (nSPS) is 10.6. The van der Waals surface area contributed by atoms with Crippen molar-refractivity contribution in [1.29, 1.82) is 5.26 Å². The average Bonchev–Trinajstić information content (AvgIpc) is 2.43. The second kappa shape index (κ2) is 6.86. The largest absolute Gasteiger partial charge is 0.398 e. The molecule has 0 radical (unpaired) electrons. The van der Waals surface area contributed by atoms with Gasteiger partial charge in [0.15, 0.2) is 0 Å². The molecular weight excluding hydrogens is 302 g/mol. The third kappa shape index (κ3) is 3.92.